The first-order valence-electron chi connectivity index (χ1n) is 3.82. The van der Waals surface area contributed by atoms with Crippen molar-refractivity contribution in [3.8, 4) is 0 Å². The van der Waals surface area contributed by atoms with Crippen LogP contribution in [0.25, 0.3) is 0 Å². The number of amides is 2. The van der Waals surface area contributed by atoms with Crippen molar-refractivity contribution < 1.29 is 4.79 Å². The van der Waals surface area contributed by atoms with Crippen LogP contribution < -0.4 is 5.32 Å². The van der Waals surface area contributed by atoms with Gasteiger partial charge in [0, 0.05) is 19.8 Å². The van der Waals surface area contributed by atoms with Crippen LogP contribution in [0.4, 0.5) is 4.79 Å². The summed E-state index contributed by atoms with van der Waals surface area (Å²) < 4.78 is 0. The molecule has 0 unspecified atom stereocenters. The van der Waals surface area contributed by atoms with Crippen molar-refractivity contribution in [2.75, 3.05) is 14.1 Å². The molecular formula is C9H16N2O. The fraction of sp³-hybridized carbons (Fsp3) is 0.444. The number of urea groups is 1. The summed E-state index contributed by atoms with van der Waals surface area (Å²) in [6.07, 6.45) is 1.86. The van der Waals surface area contributed by atoms with E-state index in [1.807, 2.05) is 19.9 Å². The van der Waals surface area contributed by atoms with Crippen LogP contribution in [0.2, 0.25) is 0 Å². The maximum atomic E-state index is 11.1. The van der Waals surface area contributed by atoms with E-state index in [0.29, 0.717) is 0 Å². The third-order valence-electron chi connectivity index (χ3n) is 1.59. The van der Waals surface area contributed by atoms with Crippen LogP contribution in [0.5, 0.6) is 0 Å². The van der Waals surface area contributed by atoms with E-state index in [1.165, 1.54) is 4.90 Å². The van der Waals surface area contributed by atoms with Gasteiger partial charge in [-0.2, -0.15) is 0 Å². The van der Waals surface area contributed by atoms with E-state index in [0.717, 1.165) is 11.3 Å². The standard InChI is InChI=1S/C9H16N2O/c1-6-8(7(2)3)11(5)9(12)10-4/h6H,2H2,1,3-5H3,(H,10,12)/b8-6+. The van der Waals surface area contributed by atoms with Crippen LogP contribution >= 0.6 is 0 Å². The van der Waals surface area contributed by atoms with Gasteiger partial charge < -0.3 is 5.32 Å². The Morgan fingerprint density at radius 3 is 2.33 bits per heavy atom. The number of hydrogen-bond acceptors (Lipinski definition) is 1. The minimum Gasteiger partial charge on any atom is -0.341 e. The SMILES string of the molecule is C=C(C)/C(=C\C)N(C)C(=O)NC. The Bertz CT molecular complexity index is 219. The van der Waals surface area contributed by atoms with E-state index < -0.39 is 0 Å². The second-order valence-electron chi connectivity index (χ2n) is 2.57. The summed E-state index contributed by atoms with van der Waals surface area (Å²) in [7, 11) is 3.31. The molecule has 0 aliphatic rings. The first-order chi connectivity index (χ1) is 5.54. The monoisotopic (exact) mass is 168 g/mol. The Balaban J connectivity index is 4.55. The highest BCUT2D eigenvalue weighted by Crippen LogP contribution is 2.10. The van der Waals surface area contributed by atoms with Gasteiger partial charge in [-0.15, -0.1) is 0 Å². The van der Waals surface area contributed by atoms with Crippen molar-refractivity contribution >= 4 is 6.03 Å². The van der Waals surface area contributed by atoms with Gasteiger partial charge in [0.15, 0.2) is 0 Å². The molecule has 3 nitrogen and oxygen atoms in total. The van der Waals surface area contributed by atoms with Gasteiger partial charge in [-0.3, -0.25) is 4.90 Å². The van der Waals surface area contributed by atoms with Crippen molar-refractivity contribution in [3.05, 3.63) is 23.9 Å². The molecule has 0 aromatic heterocycles. The lowest BCUT2D eigenvalue weighted by Gasteiger charge is -2.19. The minimum absolute atomic E-state index is 0.133. The smallest absolute Gasteiger partial charge is 0.321 e. The van der Waals surface area contributed by atoms with Gasteiger partial charge in [0.2, 0.25) is 0 Å². The number of likely N-dealkylation sites (N-methyl/N-ethyl adjacent to an activating group) is 1. The zero-order chi connectivity index (χ0) is 9.72. The molecule has 0 atom stereocenters. The zero-order valence-electron chi connectivity index (χ0n) is 8.14. The van der Waals surface area contributed by atoms with E-state index in [9.17, 15) is 4.79 Å². The Morgan fingerprint density at radius 2 is 2.08 bits per heavy atom. The summed E-state index contributed by atoms with van der Waals surface area (Å²) in [6, 6.07) is -0.133. The molecule has 12 heavy (non-hydrogen) atoms. The van der Waals surface area contributed by atoms with Crippen LogP contribution in [0.1, 0.15) is 13.8 Å². The maximum absolute atomic E-state index is 11.1. The molecular weight excluding hydrogens is 152 g/mol. The molecule has 2 amide bonds. The van der Waals surface area contributed by atoms with Gasteiger partial charge in [-0.1, -0.05) is 12.7 Å². The fourth-order valence-corrected chi connectivity index (χ4v) is 1.00. The van der Waals surface area contributed by atoms with Crippen molar-refractivity contribution in [2.24, 2.45) is 0 Å². The number of nitrogens with zero attached hydrogens (tertiary/aromatic N) is 1. The average Bonchev–Trinajstić information content (AvgIpc) is 2.03. The van der Waals surface area contributed by atoms with E-state index >= 15 is 0 Å². The molecule has 0 fully saturated rings. The number of nitrogens with one attached hydrogen (secondary N) is 1. The van der Waals surface area contributed by atoms with Gasteiger partial charge in [0.1, 0.15) is 0 Å². The normalized spacial score (nSPS) is 10.8. The van der Waals surface area contributed by atoms with Crippen molar-refractivity contribution in [3.63, 3.8) is 0 Å². The third kappa shape index (κ3) is 2.42. The van der Waals surface area contributed by atoms with Crippen molar-refractivity contribution in [2.45, 2.75) is 13.8 Å². The van der Waals surface area contributed by atoms with Gasteiger partial charge in [-0.25, -0.2) is 4.79 Å². The van der Waals surface area contributed by atoms with Gasteiger partial charge in [0.05, 0.1) is 0 Å². The van der Waals surface area contributed by atoms with E-state index in [-0.39, 0.29) is 6.03 Å². The largest absolute Gasteiger partial charge is 0.341 e. The quantitative estimate of drug-likeness (QED) is 0.626. The molecule has 68 valence electrons. The van der Waals surface area contributed by atoms with Gasteiger partial charge in [-0.05, 0) is 19.4 Å². The Morgan fingerprint density at radius 1 is 1.58 bits per heavy atom. The van der Waals surface area contributed by atoms with Crippen molar-refractivity contribution in [1.82, 2.24) is 10.2 Å². The van der Waals surface area contributed by atoms with Crippen LogP contribution in [0.3, 0.4) is 0 Å². The maximum Gasteiger partial charge on any atom is 0.321 e. The lowest BCUT2D eigenvalue weighted by Crippen LogP contribution is -2.34. The second-order valence-corrected chi connectivity index (χ2v) is 2.57. The first kappa shape index (κ1) is 10.8. The summed E-state index contributed by atoms with van der Waals surface area (Å²) in [5.41, 5.74) is 1.72. The number of carbonyl (C=O) groups excluding carboxylic acids is 1. The summed E-state index contributed by atoms with van der Waals surface area (Å²) >= 11 is 0. The molecule has 0 aliphatic heterocycles. The molecule has 0 spiro atoms. The second kappa shape index (κ2) is 4.59. The molecule has 0 saturated carbocycles. The molecule has 3 heteroatoms. The molecule has 0 saturated heterocycles. The predicted molar refractivity (Wildman–Crippen MR) is 50.8 cm³/mol. The van der Waals surface area contributed by atoms with E-state index in [2.05, 4.69) is 11.9 Å². The lowest BCUT2D eigenvalue weighted by molar-refractivity contribution is 0.222. The number of hydrogen-bond donors (Lipinski definition) is 1. The molecule has 0 heterocycles. The van der Waals surface area contributed by atoms with Crippen LogP contribution in [0, 0.1) is 0 Å². The highest BCUT2D eigenvalue weighted by molar-refractivity contribution is 5.76. The predicted octanol–water partition coefficient (Wildman–Crippen LogP) is 1.74. The molecule has 0 radical (unpaired) electrons. The van der Waals surface area contributed by atoms with E-state index in [1.54, 1.807) is 14.1 Å². The molecule has 0 rings (SSSR count). The topological polar surface area (TPSA) is 32.3 Å². The highest BCUT2D eigenvalue weighted by atomic mass is 16.2. The highest BCUT2D eigenvalue weighted by Gasteiger charge is 2.10. The third-order valence-corrected chi connectivity index (χ3v) is 1.59. The van der Waals surface area contributed by atoms with E-state index in [4.69, 9.17) is 0 Å². The van der Waals surface area contributed by atoms with Gasteiger partial charge in [0.25, 0.3) is 0 Å². The summed E-state index contributed by atoms with van der Waals surface area (Å²) in [6.45, 7) is 7.52. The number of rotatable bonds is 2. The molecule has 0 aromatic rings. The Kier molecular flexibility index (Phi) is 4.11. The Hall–Kier alpha value is -1.25. The summed E-state index contributed by atoms with van der Waals surface area (Å²) in [5, 5.41) is 2.54. The fourth-order valence-electron chi connectivity index (χ4n) is 1.00. The zero-order valence-corrected chi connectivity index (χ0v) is 8.14. The molecule has 0 bridgehead atoms. The molecule has 0 aromatic carbocycles. The molecule has 0 aliphatic carbocycles. The van der Waals surface area contributed by atoms with Crippen LogP contribution in [-0.2, 0) is 0 Å². The number of carbonyl (C=O) groups is 1. The average molecular weight is 168 g/mol. The lowest BCUT2D eigenvalue weighted by atomic mass is 10.2. The summed E-state index contributed by atoms with van der Waals surface area (Å²) in [4.78, 5) is 12.7. The van der Waals surface area contributed by atoms with Crippen LogP contribution in [-0.4, -0.2) is 25.0 Å². The molecule has 1 N–H and O–H groups in total. The minimum atomic E-state index is -0.133. The van der Waals surface area contributed by atoms with Crippen molar-refractivity contribution in [1.29, 1.82) is 0 Å². The van der Waals surface area contributed by atoms with Crippen LogP contribution in [0.15, 0.2) is 23.9 Å². The first-order valence-corrected chi connectivity index (χ1v) is 3.82. The Labute approximate surface area is 73.8 Å². The van der Waals surface area contributed by atoms with Gasteiger partial charge >= 0.3 is 6.03 Å². The number of allylic oxidation sites excluding steroid dienone is 2. The summed E-state index contributed by atoms with van der Waals surface area (Å²) in [5.74, 6) is 0.